The smallest absolute Gasteiger partial charge is 0.235 e. The first-order valence-corrected chi connectivity index (χ1v) is 4.81. The van der Waals surface area contributed by atoms with Crippen molar-refractivity contribution < 1.29 is 4.79 Å². The van der Waals surface area contributed by atoms with Gasteiger partial charge in [-0.1, -0.05) is 0 Å². The van der Waals surface area contributed by atoms with Gasteiger partial charge in [-0.25, -0.2) is 0 Å². The Bertz CT molecular complexity index is 310. The third-order valence-electron chi connectivity index (χ3n) is 1.88. The summed E-state index contributed by atoms with van der Waals surface area (Å²) in [5, 5.41) is 6.31. The van der Waals surface area contributed by atoms with Gasteiger partial charge in [0, 0.05) is 30.0 Å². The van der Waals surface area contributed by atoms with Crippen LogP contribution in [0.15, 0.2) is 18.2 Å². The fourth-order valence-electron chi connectivity index (χ4n) is 1.28. The summed E-state index contributed by atoms with van der Waals surface area (Å²) >= 11 is 0. The van der Waals surface area contributed by atoms with Crippen LogP contribution in [0, 0.1) is 0 Å². The molecule has 0 amide bonds. The molecule has 0 heterocycles. The first-order valence-electron chi connectivity index (χ1n) is 4.81. The zero-order valence-electron chi connectivity index (χ0n) is 8.55. The number of hydrogen-bond acceptors (Lipinski definition) is 3. The molecule has 75 valence electrons. The minimum absolute atomic E-state index is 0.577. The van der Waals surface area contributed by atoms with Gasteiger partial charge >= 0.3 is 0 Å². The van der Waals surface area contributed by atoms with E-state index >= 15 is 0 Å². The summed E-state index contributed by atoms with van der Waals surface area (Å²) in [5.41, 5.74) is 2.43. The molecule has 1 aromatic rings. The van der Waals surface area contributed by atoms with E-state index in [0.29, 0.717) is 5.56 Å². The molecule has 0 fully saturated rings. The molecule has 0 aromatic heterocycles. The Morgan fingerprint density at radius 2 is 1.93 bits per heavy atom. The van der Waals surface area contributed by atoms with E-state index in [-0.39, 0.29) is 0 Å². The van der Waals surface area contributed by atoms with Crippen LogP contribution >= 0.6 is 0 Å². The quantitative estimate of drug-likeness (QED) is 0.748. The molecule has 1 rings (SSSR count). The van der Waals surface area contributed by atoms with E-state index in [4.69, 9.17) is 0 Å². The molecular formula is C11H15N2O. The Morgan fingerprint density at radius 3 is 2.50 bits per heavy atom. The van der Waals surface area contributed by atoms with Crippen molar-refractivity contribution in [3.63, 3.8) is 0 Å². The van der Waals surface area contributed by atoms with Crippen molar-refractivity contribution in [2.45, 2.75) is 13.8 Å². The van der Waals surface area contributed by atoms with Crippen molar-refractivity contribution >= 4 is 17.7 Å². The molecule has 0 unspecified atom stereocenters. The maximum atomic E-state index is 10.6. The van der Waals surface area contributed by atoms with Crippen LogP contribution in [0.2, 0.25) is 0 Å². The molecule has 0 aliphatic carbocycles. The predicted molar refractivity (Wildman–Crippen MR) is 59.6 cm³/mol. The Morgan fingerprint density at radius 1 is 1.21 bits per heavy atom. The zero-order chi connectivity index (χ0) is 10.4. The van der Waals surface area contributed by atoms with Gasteiger partial charge in [0.1, 0.15) is 0 Å². The van der Waals surface area contributed by atoms with Gasteiger partial charge in [-0.3, -0.25) is 4.79 Å². The van der Waals surface area contributed by atoms with E-state index < -0.39 is 0 Å². The number of rotatable bonds is 5. The first-order chi connectivity index (χ1) is 6.81. The summed E-state index contributed by atoms with van der Waals surface area (Å²) in [6.45, 7) is 5.70. The number of hydrogen-bond donors (Lipinski definition) is 2. The van der Waals surface area contributed by atoms with Crippen molar-refractivity contribution in [2.75, 3.05) is 23.7 Å². The average molecular weight is 191 g/mol. The molecule has 14 heavy (non-hydrogen) atoms. The molecular weight excluding hydrogens is 176 g/mol. The monoisotopic (exact) mass is 191 g/mol. The van der Waals surface area contributed by atoms with Crippen molar-refractivity contribution in [1.29, 1.82) is 0 Å². The van der Waals surface area contributed by atoms with Gasteiger partial charge in [-0.15, -0.1) is 0 Å². The van der Waals surface area contributed by atoms with Crippen LogP contribution in [0.25, 0.3) is 0 Å². The minimum Gasteiger partial charge on any atom is -0.385 e. The van der Waals surface area contributed by atoms with Crippen LogP contribution in [-0.2, 0) is 4.79 Å². The largest absolute Gasteiger partial charge is 0.385 e. The molecule has 0 bridgehead atoms. The maximum Gasteiger partial charge on any atom is 0.235 e. The van der Waals surface area contributed by atoms with Gasteiger partial charge in [0.2, 0.25) is 6.29 Å². The van der Waals surface area contributed by atoms with Gasteiger partial charge in [-0.05, 0) is 32.0 Å². The van der Waals surface area contributed by atoms with Crippen molar-refractivity contribution in [2.24, 2.45) is 0 Å². The van der Waals surface area contributed by atoms with Crippen LogP contribution < -0.4 is 10.6 Å². The normalized spacial score (nSPS) is 9.57. The molecule has 0 spiro atoms. The van der Waals surface area contributed by atoms with Crippen molar-refractivity contribution in [3.05, 3.63) is 23.8 Å². The van der Waals surface area contributed by atoms with E-state index in [1.54, 1.807) is 6.07 Å². The van der Waals surface area contributed by atoms with Crippen LogP contribution in [0.3, 0.4) is 0 Å². The Balaban J connectivity index is 2.94. The van der Waals surface area contributed by atoms with Gasteiger partial charge in [-0.2, -0.15) is 0 Å². The van der Waals surface area contributed by atoms with Gasteiger partial charge in [0.25, 0.3) is 0 Å². The summed E-state index contributed by atoms with van der Waals surface area (Å²) in [7, 11) is 0. The number of benzene rings is 1. The fourth-order valence-corrected chi connectivity index (χ4v) is 1.28. The molecule has 0 aliphatic heterocycles. The van der Waals surface area contributed by atoms with Crippen LogP contribution in [0.5, 0.6) is 0 Å². The zero-order valence-corrected chi connectivity index (χ0v) is 8.55. The summed E-state index contributed by atoms with van der Waals surface area (Å²) < 4.78 is 0. The lowest BCUT2D eigenvalue weighted by Crippen LogP contribution is -2.03. The summed E-state index contributed by atoms with van der Waals surface area (Å²) in [5.74, 6) is 0. The topological polar surface area (TPSA) is 41.1 Å². The highest BCUT2D eigenvalue weighted by Crippen LogP contribution is 2.19. The van der Waals surface area contributed by atoms with E-state index in [0.717, 1.165) is 24.5 Å². The SMILES string of the molecule is CCNc1ccc([C]=O)c(NCC)c1. The second-order valence-corrected chi connectivity index (χ2v) is 2.92. The first kappa shape index (κ1) is 10.6. The molecule has 0 aliphatic rings. The molecule has 1 radical (unpaired) electrons. The third kappa shape index (κ3) is 2.49. The fraction of sp³-hybridized carbons (Fsp3) is 0.364. The summed E-state index contributed by atoms with van der Waals surface area (Å²) in [6, 6.07) is 5.57. The van der Waals surface area contributed by atoms with Crippen LogP contribution in [0.1, 0.15) is 19.4 Å². The number of carbonyl (C=O) groups excluding carboxylic acids is 1. The Labute approximate surface area is 84.5 Å². The number of nitrogens with one attached hydrogen (secondary N) is 2. The van der Waals surface area contributed by atoms with Gasteiger partial charge in [0.15, 0.2) is 0 Å². The number of anilines is 2. The Kier molecular flexibility index (Phi) is 3.98. The van der Waals surface area contributed by atoms with E-state index in [9.17, 15) is 4.79 Å². The van der Waals surface area contributed by atoms with Gasteiger partial charge < -0.3 is 10.6 Å². The third-order valence-corrected chi connectivity index (χ3v) is 1.88. The van der Waals surface area contributed by atoms with E-state index in [2.05, 4.69) is 10.6 Å². The highest BCUT2D eigenvalue weighted by Gasteiger charge is 2.01. The summed E-state index contributed by atoms with van der Waals surface area (Å²) in [6.07, 6.45) is 1.91. The maximum absolute atomic E-state index is 10.6. The molecule has 3 heteroatoms. The molecule has 0 atom stereocenters. The second-order valence-electron chi connectivity index (χ2n) is 2.92. The van der Waals surface area contributed by atoms with E-state index in [1.807, 2.05) is 32.3 Å². The van der Waals surface area contributed by atoms with Gasteiger partial charge in [0.05, 0.1) is 0 Å². The lowest BCUT2D eigenvalue weighted by Gasteiger charge is -2.09. The molecule has 1 aromatic carbocycles. The molecule has 2 N–H and O–H groups in total. The molecule has 0 saturated carbocycles. The highest BCUT2D eigenvalue weighted by molar-refractivity contribution is 5.86. The van der Waals surface area contributed by atoms with Crippen LogP contribution in [-0.4, -0.2) is 19.4 Å². The standard InChI is InChI=1S/C11H15N2O/c1-3-12-10-6-5-9(8-14)11(7-10)13-4-2/h5-7,12-13H,3-4H2,1-2H3. The van der Waals surface area contributed by atoms with Crippen molar-refractivity contribution in [1.82, 2.24) is 0 Å². The van der Waals surface area contributed by atoms with Crippen LogP contribution in [0.4, 0.5) is 11.4 Å². The van der Waals surface area contributed by atoms with E-state index in [1.165, 1.54) is 0 Å². The molecule has 3 nitrogen and oxygen atoms in total. The lowest BCUT2D eigenvalue weighted by molar-refractivity contribution is 0.563. The predicted octanol–water partition coefficient (Wildman–Crippen LogP) is 2.01. The average Bonchev–Trinajstić information content (AvgIpc) is 2.19. The minimum atomic E-state index is 0.577. The highest BCUT2D eigenvalue weighted by atomic mass is 16.1. The lowest BCUT2D eigenvalue weighted by atomic mass is 10.1. The summed E-state index contributed by atoms with van der Waals surface area (Å²) in [4.78, 5) is 10.6. The Hall–Kier alpha value is -1.51. The molecule has 0 saturated heterocycles. The second kappa shape index (κ2) is 5.27. The van der Waals surface area contributed by atoms with Crippen molar-refractivity contribution in [3.8, 4) is 0 Å².